The van der Waals surface area contributed by atoms with Crippen LogP contribution in [0.5, 0.6) is 0 Å². The summed E-state index contributed by atoms with van der Waals surface area (Å²) in [6.45, 7) is 4.51. The molecule has 35 heavy (non-hydrogen) atoms. The summed E-state index contributed by atoms with van der Waals surface area (Å²) in [4.78, 5) is 20.0. The molecule has 1 saturated heterocycles. The van der Waals surface area contributed by atoms with Crippen molar-refractivity contribution in [3.8, 4) is 11.5 Å². The van der Waals surface area contributed by atoms with Gasteiger partial charge >= 0.3 is 0 Å². The number of carbonyl (C=O) groups excluding carboxylic acids is 1. The zero-order valence-electron chi connectivity index (χ0n) is 19.6. The summed E-state index contributed by atoms with van der Waals surface area (Å²) >= 11 is 8.08. The van der Waals surface area contributed by atoms with Gasteiger partial charge in [0.15, 0.2) is 0 Å². The predicted molar refractivity (Wildman–Crippen MR) is 136 cm³/mol. The molecule has 9 heteroatoms. The van der Waals surface area contributed by atoms with Crippen molar-refractivity contribution in [3.63, 3.8) is 0 Å². The van der Waals surface area contributed by atoms with Crippen LogP contribution in [0.2, 0.25) is 5.02 Å². The number of benzene rings is 2. The highest BCUT2D eigenvalue weighted by Gasteiger charge is 2.33. The van der Waals surface area contributed by atoms with Gasteiger partial charge in [-0.15, -0.1) is 21.5 Å². The Balaban J connectivity index is 1.40. The fourth-order valence-corrected chi connectivity index (χ4v) is 5.58. The van der Waals surface area contributed by atoms with Gasteiger partial charge in [-0.3, -0.25) is 4.79 Å². The maximum absolute atomic E-state index is 13.5. The monoisotopic (exact) mass is 507 g/mol. The second-order valence-electron chi connectivity index (χ2n) is 9.17. The molecule has 4 aromatic rings. The van der Waals surface area contributed by atoms with Crippen molar-refractivity contribution in [1.29, 1.82) is 0 Å². The number of halogens is 1. The molecule has 0 bridgehead atoms. The third kappa shape index (κ3) is 4.87. The number of aryl methyl sites for hydroxylation is 1. The Labute approximate surface area is 213 Å². The van der Waals surface area contributed by atoms with E-state index in [1.54, 1.807) is 29.5 Å². The molecule has 2 aromatic carbocycles. The molecule has 0 unspecified atom stereocenters. The molecule has 7 nitrogen and oxygen atoms in total. The molecule has 0 saturated carbocycles. The first-order chi connectivity index (χ1) is 16.8. The summed E-state index contributed by atoms with van der Waals surface area (Å²) in [5.74, 6) is 0.478. The van der Waals surface area contributed by atoms with E-state index < -0.39 is 5.54 Å². The summed E-state index contributed by atoms with van der Waals surface area (Å²) in [6.07, 6.45) is 2.38. The first-order valence-corrected chi connectivity index (χ1v) is 12.8. The molecule has 1 aliphatic rings. The van der Waals surface area contributed by atoms with E-state index in [0.717, 1.165) is 29.1 Å². The van der Waals surface area contributed by atoms with E-state index in [1.807, 2.05) is 54.5 Å². The van der Waals surface area contributed by atoms with Crippen molar-refractivity contribution < 1.29 is 9.21 Å². The van der Waals surface area contributed by atoms with Crippen LogP contribution >= 0.6 is 22.9 Å². The van der Waals surface area contributed by atoms with Crippen molar-refractivity contribution in [1.82, 2.24) is 20.1 Å². The van der Waals surface area contributed by atoms with Crippen LogP contribution in [-0.4, -0.2) is 32.5 Å². The van der Waals surface area contributed by atoms with E-state index in [0.29, 0.717) is 35.0 Å². The molecule has 1 amide bonds. The molecule has 1 aliphatic heterocycles. The van der Waals surface area contributed by atoms with Crippen molar-refractivity contribution in [3.05, 3.63) is 86.7 Å². The number of nitrogens with zero attached hydrogens (tertiary/aromatic N) is 4. The third-order valence-corrected chi connectivity index (χ3v) is 7.60. The van der Waals surface area contributed by atoms with Crippen LogP contribution in [0.25, 0.3) is 11.5 Å². The summed E-state index contributed by atoms with van der Waals surface area (Å²) in [5, 5.41) is 11.8. The number of carbonyl (C=O) groups is 1. The minimum atomic E-state index is -0.860. The van der Waals surface area contributed by atoms with Gasteiger partial charge in [0.1, 0.15) is 5.01 Å². The molecule has 0 spiro atoms. The minimum absolute atomic E-state index is 0.00808. The third-order valence-electron chi connectivity index (χ3n) is 6.21. The van der Waals surface area contributed by atoms with Gasteiger partial charge in [0.05, 0.1) is 22.2 Å². The number of hydrogen-bond donors (Lipinski definition) is 1. The molecule has 1 fully saturated rings. The highest BCUT2D eigenvalue weighted by atomic mass is 35.5. The Bertz CT molecular complexity index is 1350. The fourth-order valence-electron chi connectivity index (χ4n) is 4.44. The van der Waals surface area contributed by atoms with Crippen LogP contribution in [0.1, 0.15) is 58.3 Å². The summed E-state index contributed by atoms with van der Waals surface area (Å²) in [6, 6.07) is 15.0. The van der Waals surface area contributed by atoms with E-state index in [2.05, 4.69) is 15.2 Å². The lowest BCUT2D eigenvalue weighted by Gasteiger charge is -2.23. The average molecular weight is 508 g/mol. The van der Waals surface area contributed by atoms with E-state index >= 15 is 0 Å². The molecular formula is C26H26ClN5O2S. The highest BCUT2D eigenvalue weighted by molar-refractivity contribution is 7.09. The average Bonchev–Trinajstić information content (AvgIpc) is 3.60. The maximum Gasteiger partial charge on any atom is 0.254 e. The second-order valence-corrected chi connectivity index (χ2v) is 10.5. The summed E-state index contributed by atoms with van der Waals surface area (Å²) < 4.78 is 5.98. The second kappa shape index (κ2) is 9.53. The Morgan fingerprint density at radius 1 is 1.26 bits per heavy atom. The number of nitrogens with two attached hydrogens (primary N) is 1. The van der Waals surface area contributed by atoms with Gasteiger partial charge < -0.3 is 15.1 Å². The van der Waals surface area contributed by atoms with Gasteiger partial charge in [-0.2, -0.15) is 0 Å². The first-order valence-electron chi connectivity index (χ1n) is 11.5. The summed E-state index contributed by atoms with van der Waals surface area (Å²) in [5.41, 5.74) is 8.75. The SMILES string of the molecule is Cc1csc([C@H]2CCCN2C(=O)c2ccc(Cl)c(-c3nnc([C@](C)(N)Cc4ccccc4)o3)c2)n1. The normalized spacial score (nSPS) is 17.5. The Kier molecular flexibility index (Phi) is 6.44. The number of rotatable bonds is 6. The molecule has 2 atom stereocenters. The van der Waals surface area contributed by atoms with Gasteiger partial charge in [-0.25, -0.2) is 4.98 Å². The first kappa shape index (κ1) is 23.7. The Hall–Kier alpha value is -3.07. The molecule has 5 rings (SSSR count). The zero-order valence-corrected chi connectivity index (χ0v) is 21.1. The van der Waals surface area contributed by atoms with Gasteiger partial charge in [0.25, 0.3) is 5.91 Å². The fraction of sp³-hybridized carbons (Fsp3) is 0.308. The molecule has 2 N–H and O–H groups in total. The standard InChI is InChI=1S/C26H26ClN5O2S/c1-16-15-35-23(29-16)21-9-6-12-32(21)24(33)18-10-11-20(27)19(13-18)22-30-31-25(34-22)26(2,28)14-17-7-4-3-5-8-17/h3-5,7-8,10-11,13,15,21H,6,9,12,14,28H2,1-2H3/t21-,26-/m1/s1. The Morgan fingerprint density at radius 3 is 2.80 bits per heavy atom. The molecule has 0 radical (unpaired) electrons. The topological polar surface area (TPSA) is 98.1 Å². The van der Waals surface area contributed by atoms with Crippen LogP contribution in [0.3, 0.4) is 0 Å². The lowest BCUT2D eigenvalue weighted by molar-refractivity contribution is 0.0735. The van der Waals surface area contributed by atoms with Crippen LogP contribution in [0, 0.1) is 6.92 Å². The van der Waals surface area contributed by atoms with Crippen molar-refractivity contribution in [2.24, 2.45) is 5.73 Å². The number of likely N-dealkylation sites (tertiary alicyclic amines) is 1. The predicted octanol–water partition coefficient (Wildman–Crippen LogP) is 5.55. The van der Waals surface area contributed by atoms with Gasteiger partial charge in [0, 0.05) is 23.2 Å². The quantitative estimate of drug-likeness (QED) is 0.367. The molecule has 0 aliphatic carbocycles. The smallest absolute Gasteiger partial charge is 0.254 e. The van der Waals surface area contributed by atoms with Crippen molar-refractivity contribution in [2.75, 3.05) is 6.54 Å². The summed E-state index contributed by atoms with van der Waals surface area (Å²) in [7, 11) is 0. The van der Waals surface area contributed by atoms with Crippen molar-refractivity contribution >= 4 is 28.8 Å². The number of amides is 1. The largest absolute Gasteiger partial charge is 0.419 e. The van der Waals surface area contributed by atoms with Crippen LogP contribution in [0.15, 0.2) is 58.3 Å². The van der Waals surface area contributed by atoms with E-state index in [4.69, 9.17) is 21.8 Å². The Morgan fingerprint density at radius 2 is 2.06 bits per heavy atom. The van der Waals surface area contributed by atoms with E-state index in [-0.39, 0.29) is 17.8 Å². The molecule has 180 valence electrons. The lowest BCUT2D eigenvalue weighted by atomic mass is 9.94. The molecule has 2 aromatic heterocycles. The number of hydrogen-bond acceptors (Lipinski definition) is 7. The van der Waals surface area contributed by atoms with Crippen LogP contribution < -0.4 is 5.73 Å². The lowest BCUT2D eigenvalue weighted by Crippen LogP contribution is -2.35. The van der Waals surface area contributed by atoms with Gasteiger partial charge in [-0.05, 0) is 56.9 Å². The number of thiazole rings is 1. The van der Waals surface area contributed by atoms with E-state index in [9.17, 15) is 4.79 Å². The number of aromatic nitrogens is 3. The maximum atomic E-state index is 13.5. The van der Waals surface area contributed by atoms with E-state index in [1.165, 1.54) is 0 Å². The highest BCUT2D eigenvalue weighted by Crippen LogP contribution is 2.36. The van der Waals surface area contributed by atoms with Crippen LogP contribution in [0.4, 0.5) is 0 Å². The van der Waals surface area contributed by atoms with Crippen molar-refractivity contribution in [2.45, 2.75) is 44.7 Å². The van der Waals surface area contributed by atoms with Gasteiger partial charge in [-0.1, -0.05) is 41.9 Å². The van der Waals surface area contributed by atoms with Crippen LogP contribution in [-0.2, 0) is 12.0 Å². The van der Waals surface area contributed by atoms with Gasteiger partial charge in [0.2, 0.25) is 11.8 Å². The molecular weight excluding hydrogens is 482 g/mol. The zero-order chi connectivity index (χ0) is 24.6. The molecule has 3 heterocycles. The minimum Gasteiger partial charge on any atom is -0.419 e.